The molecule has 1 atom stereocenters. The molecule has 0 bridgehead atoms. The number of aromatic nitrogens is 3. The predicted octanol–water partition coefficient (Wildman–Crippen LogP) is 3.76. The molecule has 5 heteroatoms. The van der Waals surface area contributed by atoms with Crippen LogP contribution in [0.25, 0.3) is 11.0 Å². The molecule has 0 fully saturated rings. The molecule has 4 rings (SSSR count). The first-order valence-corrected chi connectivity index (χ1v) is 9.89. The number of para-hydroxylation sites is 2. The van der Waals surface area contributed by atoms with Crippen LogP contribution in [0.15, 0.2) is 66.9 Å². The highest BCUT2D eigenvalue weighted by atomic mass is 16.3. The van der Waals surface area contributed by atoms with Gasteiger partial charge >= 0.3 is 0 Å². The summed E-state index contributed by atoms with van der Waals surface area (Å²) in [5, 5.41) is 19.1. The molecule has 0 aliphatic heterocycles. The molecule has 29 heavy (non-hydrogen) atoms. The number of hydrogen-bond acceptors (Lipinski definition) is 3. The molecule has 5 nitrogen and oxygen atoms in total. The van der Waals surface area contributed by atoms with E-state index >= 15 is 0 Å². The molecule has 2 aromatic heterocycles. The first-order chi connectivity index (χ1) is 14.1. The van der Waals surface area contributed by atoms with Crippen molar-refractivity contribution in [2.75, 3.05) is 6.61 Å². The normalized spacial score (nSPS) is 12.4. The minimum absolute atomic E-state index is 0.0387. The highest BCUT2D eigenvalue weighted by molar-refractivity contribution is 5.76. The second-order valence-corrected chi connectivity index (χ2v) is 7.60. The first kappa shape index (κ1) is 19.2. The van der Waals surface area contributed by atoms with Crippen LogP contribution in [-0.4, -0.2) is 25.8 Å². The van der Waals surface area contributed by atoms with Gasteiger partial charge in [-0.1, -0.05) is 48.0 Å². The van der Waals surface area contributed by atoms with Crippen LogP contribution in [0.5, 0.6) is 0 Å². The van der Waals surface area contributed by atoms with E-state index in [1.165, 1.54) is 5.56 Å². The van der Waals surface area contributed by atoms with Gasteiger partial charge in [0, 0.05) is 11.9 Å². The smallest absolute Gasteiger partial charge is 0.203 e. The molecular weight excluding hydrogens is 360 g/mol. The van der Waals surface area contributed by atoms with E-state index < -0.39 is 0 Å². The lowest BCUT2D eigenvalue weighted by Gasteiger charge is -2.17. The molecule has 0 spiro atoms. The van der Waals surface area contributed by atoms with Gasteiger partial charge in [-0.15, -0.1) is 0 Å². The van der Waals surface area contributed by atoms with Crippen LogP contribution in [-0.2, 0) is 13.0 Å². The quantitative estimate of drug-likeness (QED) is 0.530. The summed E-state index contributed by atoms with van der Waals surface area (Å²) in [5.74, 6) is 0. The van der Waals surface area contributed by atoms with Crippen LogP contribution in [0.3, 0.4) is 0 Å². The molecule has 0 aliphatic rings. The maximum atomic E-state index is 10.2. The molecule has 2 heterocycles. The number of hydrogen-bond donors (Lipinski definition) is 2. The van der Waals surface area contributed by atoms with Gasteiger partial charge in [-0.2, -0.15) is 0 Å². The van der Waals surface area contributed by atoms with Crippen molar-refractivity contribution < 1.29 is 5.11 Å². The number of benzene rings is 2. The summed E-state index contributed by atoms with van der Waals surface area (Å²) >= 11 is 0. The Morgan fingerprint density at radius 3 is 2.28 bits per heavy atom. The van der Waals surface area contributed by atoms with Crippen molar-refractivity contribution in [3.63, 3.8) is 0 Å². The number of aryl methyl sites for hydroxylation is 2. The summed E-state index contributed by atoms with van der Waals surface area (Å²) in [5.41, 5.74) is 6.75. The lowest BCUT2D eigenvalue weighted by atomic mass is 10.1. The average molecular weight is 386 g/mol. The van der Waals surface area contributed by atoms with Gasteiger partial charge in [0.25, 0.3) is 0 Å². The van der Waals surface area contributed by atoms with E-state index in [1.807, 2.05) is 58.7 Å². The van der Waals surface area contributed by atoms with E-state index in [0.29, 0.717) is 18.6 Å². The van der Waals surface area contributed by atoms with Crippen molar-refractivity contribution in [1.82, 2.24) is 14.1 Å². The van der Waals surface area contributed by atoms with E-state index in [2.05, 4.69) is 36.2 Å². The average Bonchev–Trinajstić information content (AvgIpc) is 3.01. The van der Waals surface area contributed by atoms with E-state index in [1.54, 1.807) is 0 Å². The first-order valence-electron chi connectivity index (χ1n) is 9.89. The number of fused-ring (bicyclic) bond motifs is 1. The minimum Gasteiger partial charge on any atom is -0.394 e. The molecule has 0 aliphatic carbocycles. The Hall–Kier alpha value is -3.18. The van der Waals surface area contributed by atoms with Crippen molar-refractivity contribution in [2.45, 2.75) is 32.9 Å². The van der Waals surface area contributed by atoms with E-state index in [4.69, 9.17) is 5.41 Å². The van der Waals surface area contributed by atoms with Crippen molar-refractivity contribution >= 4 is 11.0 Å². The molecule has 1 unspecified atom stereocenters. The van der Waals surface area contributed by atoms with Crippen LogP contribution in [0.4, 0.5) is 0 Å². The monoisotopic (exact) mass is 386 g/mol. The largest absolute Gasteiger partial charge is 0.394 e. The zero-order valence-corrected chi connectivity index (χ0v) is 16.8. The van der Waals surface area contributed by atoms with Crippen LogP contribution in [0.2, 0.25) is 0 Å². The van der Waals surface area contributed by atoms with Crippen molar-refractivity contribution in [3.05, 3.63) is 94.9 Å². The number of imidazole rings is 1. The third-order valence-corrected chi connectivity index (χ3v) is 5.40. The Morgan fingerprint density at radius 2 is 1.62 bits per heavy atom. The Morgan fingerprint density at radius 1 is 0.931 bits per heavy atom. The summed E-state index contributed by atoms with van der Waals surface area (Å²) in [6.07, 6.45) is 2.48. The molecule has 0 saturated heterocycles. The summed E-state index contributed by atoms with van der Waals surface area (Å²) in [4.78, 5) is 4.37. The molecule has 0 amide bonds. The van der Waals surface area contributed by atoms with Crippen LogP contribution in [0.1, 0.15) is 28.4 Å². The standard InChI is InChI=1S/C24H26N4O/c1-17-7-10-19(11-8-17)15-27-22-5-3-4-6-23(22)28(24(27)25)21(16-29)13-20-12-9-18(2)26-14-20/h3-12,14,21,25,29H,13,15-16H2,1-2H3. The second-order valence-electron chi connectivity index (χ2n) is 7.60. The van der Waals surface area contributed by atoms with Gasteiger partial charge in [-0.3, -0.25) is 10.4 Å². The summed E-state index contributed by atoms with van der Waals surface area (Å²) in [6.45, 7) is 4.62. The fraction of sp³-hybridized carbons (Fsp3) is 0.250. The van der Waals surface area contributed by atoms with E-state index in [9.17, 15) is 5.11 Å². The summed E-state index contributed by atoms with van der Waals surface area (Å²) in [7, 11) is 0. The Balaban J connectivity index is 1.77. The van der Waals surface area contributed by atoms with Gasteiger partial charge in [0.1, 0.15) is 0 Å². The zero-order valence-electron chi connectivity index (χ0n) is 16.8. The number of rotatable bonds is 6. The van der Waals surface area contributed by atoms with Crippen LogP contribution >= 0.6 is 0 Å². The fourth-order valence-electron chi connectivity index (χ4n) is 3.79. The number of nitrogens with zero attached hydrogens (tertiary/aromatic N) is 3. The third kappa shape index (κ3) is 3.87. The van der Waals surface area contributed by atoms with Gasteiger partial charge in [-0.25, -0.2) is 0 Å². The lowest BCUT2D eigenvalue weighted by Crippen LogP contribution is -2.30. The van der Waals surface area contributed by atoms with Gasteiger partial charge in [0.05, 0.1) is 30.2 Å². The molecule has 2 aromatic carbocycles. The highest BCUT2D eigenvalue weighted by Gasteiger charge is 2.19. The highest BCUT2D eigenvalue weighted by Crippen LogP contribution is 2.21. The minimum atomic E-state index is -0.226. The number of nitrogens with one attached hydrogen (secondary N) is 1. The number of pyridine rings is 1. The van der Waals surface area contributed by atoms with Crippen molar-refractivity contribution in [3.8, 4) is 0 Å². The van der Waals surface area contributed by atoms with Gasteiger partial charge < -0.3 is 14.2 Å². The molecule has 0 saturated carbocycles. The Bertz CT molecular complexity index is 1170. The van der Waals surface area contributed by atoms with Gasteiger partial charge in [-0.05, 0) is 49.6 Å². The summed E-state index contributed by atoms with van der Waals surface area (Å²) < 4.78 is 3.96. The van der Waals surface area contributed by atoms with E-state index in [0.717, 1.165) is 27.9 Å². The van der Waals surface area contributed by atoms with Gasteiger partial charge in [0.2, 0.25) is 5.62 Å². The van der Waals surface area contributed by atoms with Gasteiger partial charge in [0.15, 0.2) is 0 Å². The topological polar surface area (TPSA) is 66.8 Å². The molecule has 4 aromatic rings. The number of aliphatic hydroxyl groups is 1. The SMILES string of the molecule is Cc1ccc(Cn2c(=N)n(C(CO)Cc3ccc(C)nc3)c3ccccc32)cc1. The third-order valence-electron chi connectivity index (χ3n) is 5.40. The predicted molar refractivity (Wildman–Crippen MR) is 115 cm³/mol. The number of aliphatic hydroxyl groups excluding tert-OH is 1. The Labute approximate surface area is 170 Å². The maximum absolute atomic E-state index is 10.2. The molecule has 148 valence electrons. The Kier molecular flexibility index (Phi) is 5.32. The lowest BCUT2D eigenvalue weighted by molar-refractivity contribution is 0.225. The fourth-order valence-corrected chi connectivity index (χ4v) is 3.79. The summed E-state index contributed by atoms with van der Waals surface area (Å²) in [6, 6.07) is 20.2. The molecule has 2 N–H and O–H groups in total. The second kappa shape index (κ2) is 8.05. The molecule has 0 radical (unpaired) electrons. The maximum Gasteiger partial charge on any atom is 0.203 e. The van der Waals surface area contributed by atoms with E-state index in [-0.39, 0.29) is 12.6 Å². The zero-order chi connectivity index (χ0) is 20.4. The molecular formula is C24H26N4O. The van der Waals surface area contributed by atoms with Crippen molar-refractivity contribution in [2.24, 2.45) is 0 Å². The van der Waals surface area contributed by atoms with Crippen LogP contribution in [0, 0.1) is 19.3 Å². The van der Waals surface area contributed by atoms with Crippen molar-refractivity contribution in [1.29, 1.82) is 5.41 Å². The van der Waals surface area contributed by atoms with Crippen LogP contribution < -0.4 is 5.62 Å².